The maximum Gasteiger partial charge on any atom is 0.349 e. The van der Waals surface area contributed by atoms with E-state index in [-0.39, 0.29) is 16.8 Å². The first-order valence-electron chi connectivity index (χ1n) is 10.5. The highest BCUT2D eigenvalue weighted by atomic mass is 16.6. The molecular weight excluding hydrogens is 472 g/mol. The van der Waals surface area contributed by atoms with Crippen LogP contribution in [0.25, 0.3) is 0 Å². The lowest BCUT2D eigenvalue weighted by atomic mass is 10.1. The van der Waals surface area contributed by atoms with Gasteiger partial charge in [-0.25, -0.2) is 14.4 Å². The van der Waals surface area contributed by atoms with Crippen molar-refractivity contribution in [1.82, 2.24) is 4.98 Å². The molecular formula is C25H22N2O9. The zero-order valence-corrected chi connectivity index (χ0v) is 19.2. The van der Waals surface area contributed by atoms with Gasteiger partial charge in [0.05, 0.1) is 37.2 Å². The average molecular weight is 494 g/mol. The molecule has 36 heavy (non-hydrogen) atoms. The Morgan fingerprint density at radius 1 is 0.806 bits per heavy atom. The number of nitrogens with zero attached hydrogens (tertiary/aromatic N) is 1. The number of pyridine rings is 1. The van der Waals surface area contributed by atoms with Crippen LogP contribution >= 0.6 is 0 Å². The lowest BCUT2D eigenvalue weighted by Gasteiger charge is -2.23. The number of hydrogen-bond donors (Lipinski definition) is 2. The lowest BCUT2D eigenvalue weighted by Crippen LogP contribution is -2.48. The van der Waals surface area contributed by atoms with Crippen LogP contribution in [-0.4, -0.2) is 60.3 Å². The van der Waals surface area contributed by atoms with Gasteiger partial charge < -0.3 is 29.4 Å². The van der Waals surface area contributed by atoms with Crippen molar-refractivity contribution in [3.05, 3.63) is 84.2 Å². The zero-order valence-electron chi connectivity index (χ0n) is 19.2. The monoisotopic (exact) mass is 494 g/mol. The number of anilines is 1. The van der Waals surface area contributed by atoms with E-state index in [4.69, 9.17) is 18.9 Å². The summed E-state index contributed by atoms with van der Waals surface area (Å²) in [6.45, 7) is 0. The van der Waals surface area contributed by atoms with E-state index in [2.05, 4.69) is 10.3 Å². The molecule has 3 rings (SSSR count). The molecule has 1 heterocycles. The van der Waals surface area contributed by atoms with E-state index >= 15 is 0 Å². The van der Waals surface area contributed by atoms with Gasteiger partial charge in [-0.1, -0.05) is 12.1 Å². The number of carbonyl (C=O) groups is 4. The van der Waals surface area contributed by atoms with E-state index in [0.29, 0.717) is 11.5 Å². The minimum atomic E-state index is -2.19. The second kappa shape index (κ2) is 12.0. The van der Waals surface area contributed by atoms with Crippen LogP contribution in [0.15, 0.2) is 73.1 Å². The molecule has 186 valence electrons. The Morgan fingerprint density at radius 2 is 1.36 bits per heavy atom. The van der Waals surface area contributed by atoms with Crippen LogP contribution in [0.1, 0.15) is 20.7 Å². The number of carboxylic acids is 1. The molecule has 2 aromatic carbocycles. The van der Waals surface area contributed by atoms with Crippen LogP contribution in [0.3, 0.4) is 0 Å². The largest absolute Gasteiger partial charge is 0.497 e. The molecule has 0 saturated carbocycles. The Kier molecular flexibility index (Phi) is 8.54. The first-order valence-corrected chi connectivity index (χ1v) is 10.5. The molecule has 2 atom stereocenters. The average Bonchev–Trinajstić information content (AvgIpc) is 2.90. The fourth-order valence-electron chi connectivity index (χ4n) is 3.01. The van der Waals surface area contributed by atoms with Crippen molar-refractivity contribution < 1.29 is 43.2 Å². The number of esters is 2. The number of methoxy groups -OCH3 is 2. The van der Waals surface area contributed by atoms with E-state index in [1.807, 2.05) is 0 Å². The van der Waals surface area contributed by atoms with Crippen LogP contribution in [0.5, 0.6) is 11.5 Å². The fourth-order valence-corrected chi connectivity index (χ4v) is 3.01. The molecule has 1 amide bonds. The molecule has 3 aromatic rings. The molecule has 0 aliphatic rings. The summed E-state index contributed by atoms with van der Waals surface area (Å²) in [5, 5.41) is 12.2. The molecule has 0 aliphatic carbocycles. The van der Waals surface area contributed by atoms with Gasteiger partial charge in [0, 0.05) is 6.20 Å². The van der Waals surface area contributed by atoms with E-state index in [1.54, 1.807) is 12.1 Å². The number of ether oxygens (including phenoxy) is 4. The minimum Gasteiger partial charge on any atom is -0.497 e. The Labute approximate surface area is 205 Å². The molecule has 0 aliphatic heterocycles. The van der Waals surface area contributed by atoms with E-state index in [0.717, 1.165) is 0 Å². The fraction of sp³-hybridized carbons (Fsp3) is 0.160. The third kappa shape index (κ3) is 6.56. The van der Waals surface area contributed by atoms with Crippen LogP contribution in [0, 0.1) is 0 Å². The van der Waals surface area contributed by atoms with Crippen molar-refractivity contribution in [3.63, 3.8) is 0 Å². The van der Waals surface area contributed by atoms with Gasteiger partial charge in [-0.05, 0) is 48.5 Å². The van der Waals surface area contributed by atoms with Crippen LogP contribution in [0.2, 0.25) is 0 Å². The quantitative estimate of drug-likeness (QED) is 0.403. The molecule has 11 heteroatoms. The number of aromatic nitrogens is 1. The van der Waals surface area contributed by atoms with Crippen molar-refractivity contribution in [2.75, 3.05) is 19.5 Å². The smallest absolute Gasteiger partial charge is 0.349 e. The molecule has 0 unspecified atom stereocenters. The predicted molar refractivity (Wildman–Crippen MR) is 125 cm³/mol. The van der Waals surface area contributed by atoms with Gasteiger partial charge in [-0.2, -0.15) is 0 Å². The number of nitrogens with one attached hydrogen (secondary N) is 1. The molecule has 11 nitrogen and oxygen atoms in total. The van der Waals surface area contributed by atoms with Crippen molar-refractivity contribution in [1.29, 1.82) is 0 Å². The normalized spacial score (nSPS) is 11.9. The summed E-state index contributed by atoms with van der Waals surface area (Å²) < 4.78 is 20.5. The third-order valence-corrected chi connectivity index (χ3v) is 4.78. The maximum absolute atomic E-state index is 13.1. The van der Waals surface area contributed by atoms with Crippen LogP contribution in [0.4, 0.5) is 5.69 Å². The Morgan fingerprint density at radius 3 is 1.83 bits per heavy atom. The molecule has 0 radical (unpaired) electrons. The van der Waals surface area contributed by atoms with Gasteiger partial charge in [0.1, 0.15) is 11.5 Å². The molecule has 2 N–H and O–H groups in total. The topological polar surface area (TPSA) is 150 Å². The summed E-state index contributed by atoms with van der Waals surface area (Å²) in [5.74, 6) is -4.21. The summed E-state index contributed by atoms with van der Waals surface area (Å²) >= 11 is 0. The summed E-state index contributed by atoms with van der Waals surface area (Å²) in [6, 6.07) is 14.6. The van der Waals surface area contributed by atoms with Gasteiger partial charge in [0.25, 0.3) is 5.91 Å². The van der Waals surface area contributed by atoms with Crippen LogP contribution in [-0.2, 0) is 19.1 Å². The van der Waals surface area contributed by atoms with Crippen LogP contribution < -0.4 is 14.8 Å². The highest BCUT2D eigenvalue weighted by Gasteiger charge is 2.41. The molecule has 0 saturated heterocycles. The SMILES string of the molecule is COc1cccc(C(=O)O[C@@H](C(=O)O)[C@@H](OC(=O)c2cccc(OC)c2)C(=O)Nc2cccnc2)c1. The highest BCUT2D eigenvalue weighted by Crippen LogP contribution is 2.19. The number of benzene rings is 2. The summed E-state index contributed by atoms with van der Waals surface area (Å²) in [6.07, 6.45) is -1.48. The summed E-state index contributed by atoms with van der Waals surface area (Å²) in [7, 11) is 2.79. The third-order valence-electron chi connectivity index (χ3n) is 4.78. The van der Waals surface area contributed by atoms with Gasteiger partial charge >= 0.3 is 17.9 Å². The number of carbonyl (C=O) groups excluding carboxylic acids is 3. The molecule has 1 aromatic heterocycles. The number of hydrogen-bond acceptors (Lipinski definition) is 9. The molecule has 0 bridgehead atoms. The number of aliphatic carboxylic acids is 1. The second-order valence-electron chi connectivity index (χ2n) is 7.18. The summed E-state index contributed by atoms with van der Waals surface area (Å²) in [4.78, 5) is 54.6. The maximum atomic E-state index is 13.1. The van der Waals surface area contributed by atoms with Gasteiger partial charge in [-0.3, -0.25) is 9.78 Å². The summed E-state index contributed by atoms with van der Waals surface area (Å²) in [5.41, 5.74) is 0.149. The number of amides is 1. The Balaban J connectivity index is 1.91. The minimum absolute atomic E-state index is 0.0169. The van der Waals surface area contributed by atoms with Crippen molar-refractivity contribution in [2.24, 2.45) is 0 Å². The predicted octanol–water partition coefficient (Wildman–Crippen LogP) is 2.57. The van der Waals surface area contributed by atoms with Crippen molar-refractivity contribution in [2.45, 2.75) is 12.2 Å². The van der Waals surface area contributed by atoms with Crippen molar-refractivity contribution >= 4 is 29.5 Å². The Hall–Kier alpha value is -4.93. The highest BCUT2D eigenvalue weighted by molar-refractivity contribution is 6.01. The standard InChI is InChI=1S/C25H22N2O9/c1-33-18-9-3-6-15(12-18)24(31)35-20(22(28)27-17-8-5-11-26-14-17)21(23(29)30)36-25(32)16-7-4-10-19(13-16)34-2/h3-14,20-21H,1-2H3,(H,27,28)(H,29,30)/t20-,21-/m1/s1. The van der Waals surface area contributed by atoms with Gasteiger partial charge in [-0.15, -0.1) is 0 Å². The number of rotatable bonds is 10. The lowest BCUT2D eigenvalue weighted by molar-refractivity contribution is -0.157. The van der Waals surface area contributed by atoms with Gasteiger partial charge in [0.15, 0.2) is 0 Å². The van der Waals surface area contributed by atoms with E-state index in [1.165, 1.54) is 75.1 Å². The molecule has 0 fully saturated rings. The molecule has 0 spiro atoms. The Bertz CT molecular complexity index is 1250. The van der Waals surface area contributed by atoms with E-state index in [9.17, 15) is 24.3 Å². The first kappa shape index (κ1) is 25.7. The van der Waals surface area contributed by atoms with E-state index < -0.39 is 36.0 Å². The van der Waals surface area contributed by atoms with Gasteiger partial charge in [0.2, 0.25) is 12.2 Å². The zero-order chi connectivity index (χ0) is 26.1. The second-order valence-corrected chi connectivity index (χ2v) is 7.18. The number of carboxylic acid groups (broad SMARTS) is 1. The first-order chi connectivity index (χ1) is 17.3. The van der Waals surface area contributed by atoms with Crippen molar-refractivity contribution in [3.8, 4) is 11.5 Å².